The number of ether oxygens (including phenoxy) is 1. The van der Waals surface area contributed by atoms with E-state index in [-0.39, 0.29) is 5.82 Å². The minimum Gasteiger partial charge on any atom is -0.372 e. The topological polar surface area (TPSA) is 21.3 Å². The molecule has 1 aliphatic carbocycles. The lowest BCUT2D eigenvalue weighted by molar-refractivity contribution is 0.134. The largest absolute Gasteiger partial charge is 0.372 e. The minimum absolute atomic E-state index is 0.183. The molecule has 0 bridgehead atoms. The molecule has 2 aliphatic rings. The van der Waals surface area contributed by atoms with Crippen molar-refractivity contribution >= 4 is 0 Å². The Balaban J connectivity index is 1.69. The van der Waals surface area contributed by atoms with Crippen LogP contribution in [-0.4, -0.2) is 6.04 Å². The molecule has 1 N–H and O–H groups in total. The maximum atomic E-state index is 13.7. The van der Waals surface area contributed by atoms with Crippen molar-refractivity contribution in [3.63, 3.8) is 0 Å². The number of hydrogen-bond acceptors (Lipinski definition) is 2. The van der Waals surface area contributed by atoms with E-state index in [0.717, 1.165) is 23.2 Å². The summed E-state index contributed by atoms with van der Waals surface area (Å²) in [5, 5.41) is 3.51. The molecule has 3 heteroatoms. The summed E-state index contributed by atoms with van der Waals surface area (Å²) in [4.78, 5) is 0. The lowest BCUT2D eigenvalue weighted by Crippen LogP contribution is -2.16. The van der Waals surface area contributed by atoms with Gasteiger partial charge in [0.2, 0.25) is 0 Å². The van der Waals surface area contributed by atoms with Gasteiger partial charge in [0.15, 0.2) is 0 Å². The summed E-state index contributed by atoms with van der Waals surface area (Å²) in [6.45, 7) is 2.15. The van der Waals surface area contributed by atoms with Crippen LogP contribution in [0.1, 0.15) is 29.5 Å². The van der Waals surface area contributed by atoms with Gasteiger partial charge in [-0.05, 0) is 58.9 Å². The second-order valence-corrected chi connectivity index (χ2v) is 5.93. The number of benzene rings is 2. The molecule has 0 saturated heterocycles. The number of nitrogens with one attached hydrogen (secondary N) is 1. The fraction of sp³-hybridized carbons (Fsp3) is 0.333. The van der Waals surface area contributed by atoms with Gasteiger partial charge in [-0.2, -0.15) is 0 Å². The van der Waals surface area contributed by atoms with Gasteiger partial charge in [-0.3, -0.25) is 0 Å². The van der Waals surface area contributed by atoms with Crippen LogP contribution in [0.3, 0.4) is 0 Å². The summed E-state index contributed by atoms with van der Waals surface area (Å²) in [5.74, 6) is -0.183. The zero-order valence-electron chi connectivity index (χ0n) is 11.9. The smallest absolute Gasteiger partial charge is 0.123 e. The molecule has 2 aromatic carbocycles. The number of rotatable bonds is 4. The van der Waals surface area contributed by atoms with Gasteiger partial charge < -0.3 is 10.1 Å². The first-order valence-corrected chi connectivity index (χ1v) is 7.51. The summed E-state index contributed by atoms with van der Waals surface area (Å²) in [7, 11) is 0. The lowest BCUT2D eigenvalue weighted by atomic mass is 9.96. The fourth-order valence-electron chi connectivity index (χ4n) is 2.85. The Hall–Kier alpha value is -1.71. The molecule has 1 aliphatic heterocycles. The highest BCUT2D eigenvalue weighted by molar-refractivity contribution is 5.69. The first-order chi connectivity index (χ1) is 10.3. The van der Waals surface area contributed by atoms with Gasteiger partial charge in [-0.15, -0.1) is 0 Å². The van der Waals surface area contributed by atoms with Crippen LogP contribution in [-0.2, 0) is 24.5 Å². The maximum absolute atomic E-state index is 13.7. The van der Waals surface area contributed by atoms with Crippen LogP contribution in [0.5, 0.6) is 0 Å². The van der Waals surface area contributed by atoms with Crippen molar-refractivity contribution in [2.75, 3.05) is 0 Å². The van der Waals surface area contributed by atoms with Gasteiger partial charge in [0.25, 0.3) is 0 Å². The van der Waals surface area contributed by atoms with Gasteiger partial charge >= 0.3 is 0 Å². The van der Waals surface area contributed by atoms with E-state index in [4.69, 9.17) is 4.74 Å². The lowest BCUT2D eigenvalue weighted by Gasteiger charge is -2.12. The Labute approximate surface area is 123 Å². The number of hydrogen-bond donors (Lipinski definition) is 1. The average Bonchev–Trinajstić information content (AvgIpc) is 3.21. The average molecular weight is 283 g/mol. The van der Waals surface area contributed by atoms with Crippen LogP contribution in [0, 0.1) is 5.82 Å². The quantitative estimate of drug-likeness (QED) is 0.922. The van der Waals surface area contributed by atoms with Crippen molar-refractivity contribution in [2.24, 2.45) is 0 Å². The second-order valence-electron chi connectivity index (χ2n) is 5.93. The van der Waals surface area contributed by atoms with E-state index >= 15 is 0 Å². The van der Waals surface area contributed by atoms with E-state index in [0.29, 0.717) is 19.3 Å². The molecule has 0 spiro atoms. The Kier molecular flexibility index (Phi) is 3.24. The Morgan fingerprint density at radius 2 is 1.90 bits per heavy atom. The normalized spacial score (nSPS) is 17.0. The monoisotopic (exact) mass is 283 g/mol. The van der Waals surface area contributed by atoms with E-state index in [2.05, 4.69) is 23.5 Å². The fourth-order valence-corrected chi connectivity index (χ4v) is 2.85. The predicted octanol–water partition coefficient (Wildman–Crippen LogP) is 3.77. The molecule has 0 amide bonds. The van der Waals surface area contributed by atoms with Gasteiger partial charge in [-0.1, -0.05) is 18.2 Å². The Bertz CT molecular complexity index is 679. The standard InChI is InChI=1S/C18H18FNO/c19-16-4-3-13(9-20-17-5-6-17)18(8-16)12-1-2-14-10-21-11-15(14)7-12/h1-4,7-8,17,20H,5-6,9-11H2. The highest BCUT2D eigenvalue weighted by Crippen LogP contribution is 2.30. The van der Waals surface area contributed by atoms with Crippen LogP contribution in [0.25, 0.3) is 11.1 Å². The maximum Gasteiger partial charge on any atom is 0.123 e. The summed E-state index contributed by atoms with van der Waals surface area (Å²) in [5.41, 5.74) is 5.68. The molecule has 0 aromatic heterocycles. The van der Waals surface area contributed by atoms with Crippen LogP contribution in [0.4, 0.5) is 4.39 Å². The zero-order valence-corrected chi connectivity index (χ0v) is 11.9. The van der Waals surface area contributed by atoms with E-state index in [1.165, 1.54) is 24.0 Å². The molecule has 1 saturated carbocycles. The zero-order chi connectivity index (χ0) is 14.2. The predicted molar refractivity (Wildman–Crippen MR) is 80.2 cm³/mol. The third-order valence-corrected chi connectivity index (χ3v) is 4.26. The van der Waals surface area contributed by atoms with Crippen LogP contribution >= 0.6 is 0 Å². The van der Waals surface area contributed by atoms with Crippen LogP contribution in [0.15, 0.2) is 36.4 Å². The van der Waals surface area contributed by atoms with Gasteiger partial charge in [-0.25, -0.2) is 4.39 Å². The Morgan fingerprint density at radius 1 is 1.05 bits per heavy atom. The summed E-state index contributed by atoms with van der Waals surface area (Å²) >= 11 is 0. The molecule has 2 nitrogen and oxygen atoms in total. The SMILES string of the molecule is Fc1ccc(CNC2CC2)c(-c2ccc3c(c2)COC3)c1. The molecule has 108 valence electrons. The molecule has 4 rings (SSSR count). The molecule has 1 fully saturated rings. The van der Waals surface area contributed by atoms with E-state index in [1.54, 1.807) is 12.1 Å². The van der Waals surface area contributed by atoms with E-state index < -0.39 is 0 Å². The van der Waals surface area contributed by atoms with Gasteiger partial charge in [0.1, 0.15) is 5.82 Å². The molecule has 0 atom stereocenters. The minimum atomic E-state index is -0.183. The summed E-state index contributed by atoms with van der Waals surface area (Å²) in [6.07, 6.45) is 2.51. The number of fused-ring (bicyclic) bond motifs is 1. The highest BCUT2D eigenvalue weighted by Gasteiger charge is 2.21. The van der Waals surface area contributed by atoms with E-state index in [9.17, 15) is 4.39 Å². The molecule has 0 unspecified atom stereocenters. The van der Waals surface area contributed by atoms with Crippen molar-refractivity contribution in [1.29, 1.82) is 0 Å². The van der Waals surface area contributed by atoms with E-state index in [1.807, 2.05) is 6.07 Å². The molecule has 21 heavy (non-hydrogen) atoms. The molecular formula is C18H18FNO. The van der Waals surface area contributed by atoms with Crippen molar-refractivity contribution in [3.8, 4) is 11.1 Å². The van der Waals surface area contributed by atoms with Gasteiger partial charge in [0.05, 0.1) is 13.2 Å². The Morgan fingerprint density at radius 3 is 2.76 bits per heavy atom. The van der Waals surface area contributed by atoms with Crippen molar-refractivity contribution in [1.82, 2.24) is 5.32 Å². The molecule has 2 aromatic rings. The second kappa shape index (κ2) is 5.24. The number of halogens is 1. The third kappa shape index (κ3) is 2.71. The third-order valence-electron chi connectivity index (χ3n) is 4.26. The summed E-state index contributed by atoms with van der Waals surface area (Å²) < 4.78 is 19.1. The molecule has 1 heterocycles. The summed E-state index contributed by atoms with van der Waals surface area (Å²) in [6, 6.07) is 12.0. The first kappa shape index (κ1) is 13.0. The van der Waals surface area contributed by atoms with Crippen molar-refractivity contribution in [3.05, 3.63) is 58.9 Å². The highest BCUT2D eigenvalue weighted by atomic mass is 19.1. The van der Waals surface area contributed by atoms with Crippen molar-refractivity contribution in [2.45, 2.75) is 38.6 Å². The van der Waals surface area contributed by atoms with Crippen LogP contribution < -0.4 is 5.32 Å². The molecule has 0 radical (unpaired) electrons. The molecular weight excluding hydrogens is 265 g/mol. The van der Waals surface area contributed by atoms with Gasteiger partial charge in [0, 0.05) is 12.6 Å². The first-order valence-electron chi connectivity index (χ1n) is 7.51. The van der Waals surface area contributed by atoms with Crippen LogP contribution in [0.2, 0.25) is 0 Å². The van der Waals surface area contributed by atoms with Crippen molar-refractivity contribution < 1.29 is 9.13 Å².